The summed E-state index contributed by atoms with van der Waals surface area (Å²) in [6.07, 6.45) is 0.175. The van der Waals surface area contributed by atoms with Gasteiger partial charge in [-0.05, 0) is 36.6 Å². The molecule has 0 spiro atoms. The van der Waals surface area contributed by atoms with Gasteiger partial charge in [-0.25, -0.2) is 13.2 Å². The molecule has 1 aromatic rings. The van der Waals surface area contributed by atoms with Crippen molar-refractivity contribution in [2.75, 3.05) is 13.7 Å². The molecule has 1 aromatic carbocycles. The Morgan fingerprint density at radius 2 is 1.79 bits per heavy atom. The number of hydrogen-bond acceptors (Lipinski definition) is 6. The van der Waals surface area contributed by atoms with Crippen molar-refractivity contribution in [3.05, 3.63) is 24.3 Å². The van der Waals surface area contributed by atoms with Gasteiger partial charge in [0.1, 0.15) is 11.8 Å². The second-order valence-electron chi connectivity index (χ2n) is 5.48. The number of ether oxygens (including phenoxy) is 2. The molecule has 0 heterocycles. The number of carbonyl (C=O) groups excluding carboxylic acids is 1. The van der Waals surface area contributed by atoms with E-state index in [-0.39, 0.29) is 29.6 Å². The Balaban J connectivity index is 2.83. The van der Waals surface area contributed by atoms with Crippen molar-refractivity contribution in [3.8, 4) is 5.75 Å². The van der Waals surface area contributed by atoms with E-state index in [0.717, 1.165) is 0 Å². The maximum Gasteiger partial charge on any atom is 0.343 e. The molecule has 0 aliphatic heterocycles. The topological polar surface area (TPSA) is 119 Å². The van der Waals surface area contributed by atoms with Crippen LogP contribution in [0.1, 0.15) is 20.3 Å². The van der Waals surface area contributed by atoms with Gasteiger partial charge in [0.25, 0.3) is 0 Å². The van der Waals surface area contributed by atoms with Crippen LogP contribution in [0.5, 0.6) is 5.75 Å². The van der Waals surface area contributed by atoms with Gasteiger partial charge in [0, 0.05) is 0 Å². The maximum atomic E-state index is 12.3. The minimum Gasteiger partial charge on any atom is -0.482 e. The van der Waals surface area contributed by atoms with Crippen LogP contribution >= 0.6 is 0 Å². The van der Waals surface area contributed by atoms with Gasteiger partial charge in [0.05, 0.1) is 12.0 Å². The van der Waals surface area contributed by atoms with Gasteiger partial charge in [0.15, 0.2) is 6.61 Å². The second-order valence-corrected chi connectivity index (χ2v) is 7.19. The minimum atomic E-state index is -3.98. The lowest BCUT2D eigenvalue weighted by atomic mass is 10.1. The lowest BCUT2D eigenvalue weighted by molar-refractivity contribution is -0.143. The van der Waals surface area contributed by atoms with Crippen LogP contribution in [0.3, 0.4) is 0 Å². The van der Waals surface area contributed by atoms with E-state index >= 15 is 0 Å². The molecule has 0 saturated carbocycles. The molecule has 0 aliphatic rings. The normalized spacial score (nSPS) is 12.7. The smallest absolute Gasteiger partial charge is 0.343 e. The molecule has 0 aromatic heterocycles. The molecule has 134 valence electrons. The molecule has 8 nitrogen and oxygen atoms in total. The van der Waals surface area contributed by atoms with Gasteiger partial charge in [-0.1, -0.05) is 13.8 Å². The fraction of sp³-hybridized carbons (Fsp3) is 0.467. The molecule has 0 amide bonds. The number of rotatable bonds is 9. The highest BCUT2D eigenvalue weighted by Crippen LogP contribution is 2.17. The first kappa shape index (κ1) is 19.9. The zero-order valence-electron chi connectivity index (χ0n) is 13.7. The molecule has 0 radical (unpaired) electrons. The van der Waals surface area contributed by atoms with Gasteiger partial charge < -0.3 is 14.6 Å². The van der Waals surface area contributed by atoms with E-state index in [1.54, 1.807) is 13.8 Å². The Morgan fingerprint density at radius 3 is 2.25 bits per heavy atom. The molecule has 9 heteroatoms. The number of benzene rings is 1. The fourth-order valence-electron chi connectivity index (χ4n) is 1.84. The Morgan fingerprint density at radius 1 is 1.21 bits per heavy atom. The van der Waals surface area contributed by atoms with Crippen LogP contribution in [-0.2, 0) is 24.3 Å². The number of carboxylic acid groups (broad SMARTS) is 1. The third-order valence-electron chi connectivity index (χ3n) is 3.02. The first-order valence-corrected chi connectivity index (χ1v) is 8.69. The second kappa shape index (κ2) is 8.65. The van der Waals surface area contributed by atoms with E-state index in [0.29, 0.717) is 0 Å². The molecule has 0 aliphatic carbocycles. The van der Waals surface area contributed by atoms with E-state index in [2.05, 4.69) is 9.46 Å². The van der Waals surface area contributed by atoms with Crippen LogP contribution in [0.4, 0.5) is 0 Å². The molecule has 1 rings (SSSR count). The van der Waals surface area contributed by atoms with Crippen molar-refractivity contribution in [3.63, 3.8) is 0 Å². The standard InChI is InChI=1S/C15H21NO7S/c1-10(2)8-13(15(18)19)16-24(20,21)12-6-4-11(5-7-12)23-9-14(17)22-3/h4-7,10,13,16H,8-9H2,1-3H3,(H,18,19)/t13-/m1/s1. The average molecular weight is 359 g/mol. The molecule has 24 heavy (non-hydrogen) atoms. The highest BCUT2D eigenvalue weighted by molar-refractivity contribution is 7.89. The Bertz CT molecular complexity index is 668. The number of hydrogen-bond donors (Lipinski definition) is 2. The summed E-state index contributed by atoms with van der Waals surface area (Å²) in [7, 11) is -2.76. The first-order chi connectivity index (χ1) is 11.2. The molecule has 0 saturated heterocycles. The van der Waals surface area contributed by atoms with Crippen LogP contribution in [0.15, 0.2) is 29.2 Å². The minimum absolute atomic E-state index is 0.0166. The maximum absolute atomic E-state index is 12.3. The summed E-state index contributed by atoms with van der Waals surface area (Å²) in [5.41, 5.74) is 0. The summed E-state index contributed by atoms with van der Waals surface area (Å²) in [4.78, 5) is 22.1. The van der Waals surface area contributed by atoms with E-state index in [9.17, 15) is 18.0 Å². The van der Waals surface area contributed by atoms with E-state index in [1.165, 1.54) is 31.4 Å². The summed E-state index contributed by atoms with van der Waals surface area (Å²) < 4.78 is 36.2. The molecule has 0 unspecified atom stereocenters. The lowest BCUT2D eigenvalue weighted by Crippen LogP contribution is -2.41. The van der Waals surface area contributed by atoms with Crippen molar-refractivity contribution in [2.24, 2.45) is 5.92 Å². The molecular weight excluding hydrogens is 338 g/mol. The van der Waals surface area contributed by atoms with Crippen molar-refractivity contribution in [1.82, 2.24) is 4.72 Å². The monoisotopic (exact) mass is 359 g/mol. The van der Waals surface area contributed by atoms with Gasteiger partial charge in [0.2, 0.25) is 10.0 Å². The molecule has 0 fully saturated rings. The molecular formula is C15H21NO7S. The number of aliphatic carboxylic acids is 1. The molecule has 0 bridgehead atoms. The Kier molecular flexibility index (Phi) is 7.18. The summed E-state index contributed by atoms with van der Waals surface area (Å²) >= 11 is 0. The van der Waals surface area contributed by atoms with Crippen LogP contribution in [0.2, 0.25) is 0 Å². The van der Waals surface area contributed by atoms with Crippen LogP contribution in [-0.4, -0.2) is 45.2 Å². The fourth-order valence-corrected chi connectivity index (χ4v) is 3.04. The van der Waals surface area contributed by atoms with E-state index in [4.69, 9.17) is 9.84 Å². The number of carboxylic acids is 1. The van der Waals surface area contributed by atoms with E-state index < -0.39 is 28.0 Å². The van der Waals surface area contributed by atoms with Gasteiger partial charge in [-0.3, -0.25) is 4.79 Å². The average Bonchev–Trinajstić information content (AvgIpc) is 2.51. The summed E-state index contributed by atoms with van der Waals surface area (Å²) in [6.45, 7) is 3.31. The Labute approximate surface area is 140 Å². The molecule has 1 atom stereocenters. The largest absolute Gasteiger partial charge is 0.482 e. The number of esters is 1. The van der Waals surface area contributed by atoms with Crippen molar-refractivity contribution >= 4 is 22.0 Å². The van der Waals surface area contributed by atoms with Crippen LogP contribution in [0, 0.1) is 5.92 Å². The third kappa shape index (κ3) is 6.17. The SMILES string of the molecule is COC(=O)COc1ccc(S(=O)(=O)N[C@H](CC(C)C)C(=O)O)cc1. The predicted molar refractivity (Wildman–Crippen MR) is 85.2 cm³/mol. The van der Waals surface area contributed by atoms with Crippen LogP contribution in [0.25, 0.3) is 0 Å². The van der Waals surface area contributed by atoms with Crippen LogP contribution < -0.4 is 9.46 Å². The lowest BCUT2D eigenvalue weighted by Gasteiger charge is -2.16. The van der Waals surface area contributed by atoms with Gasteiger partial charge in [-0.15, -0.1) is 0 Å². The van der Waals surface area contributed by atoms with Gasteiger partial charge >= 0.3 is 11.9 Å². The summed E-state index contributed by atoms with van der Waals surface area (Å²) in [5, 5.41) is 9.13. The van der Waals surface area contributed by atoms with Crippen molar-refractivity contribution < 1.29 is 32.6 Å². The van der Waals surface area contributed by atoms with Crippen molar-refractivity contribution in [1.29, 1.82) is 0 Å². The van der Waals surface area contributed by atoms with E-state index in [1.807, 2.05) is 0 Å². The van der Waals surface area contributed by atoms with Crippen molar-refractivity contribution in [2.45, 2.75) is 31.2 Å². The third-order valence-corrected chi connectivity index (χ3v) is 4.51. The number of methoxy groups -OCH3 is 1. The Hall–Kier alpha value is -2.13. The predicted octanol–water partition coefficient (Wildman–Crippen LogP) is 1.02. The summed E-state index contributed by atoms with van der Waals surface area (Å²) in [6, 6.07) is 4.07. The number of carbonyl (C=O) groups is 2. The zero-order valence-corrected chi connectivity index (χ0v) is 14.5. The highest BCUT2D eigenvalue weighted by atomic mass is 32.2. The quantitative estimate of drug-likeness (QED) is 0.632. The van der Waals surface area contributed by atoms with Gasteiger partial charge in [-0.2, -0.15) is 4.72 Å². The number of nitrogens with one attached hydrogen (secondary N) is 1. The molecule has 2 N–H and O–H groups in total. The zero-order chi connectivity index (χ0) is 18.3. The highest BCUT2D eigenvalue weighted by Gasteiger charge is 2.26. The first-order valence-electron chi connectivity index (χ1n) is 7.20. The summed E-state index contributed by atoms with van der Waals surface area (Å²) in [5.74, 6) is -1.49. The number of sulfonamides is 1.